The summed E-state index contributed by atoms with van der Waals surface area (Å²) >= 11 is 0. The number of sulfonamides is 1. The fraction of sp³-hybridized carbons (Fsp3) is 0.556. The Hall–Kier alpha value is -1.93. The van der Waals surface area contributed by atoms with Crippen molar-refractivity contribution < 1.29 is 18.0 Å². The number of primary sulfonamides is 1. The number of benzene rings is 1. The average Bonchev–Trinajstić information content (AvgIpc) is 2.55. The normalized spacial score (nSPS) is 13.2. The maximum atomic E-state index is 12.3. The lowest BCUT2D eigenvalue weighted by Crippen LogP contribution is -2.36. The third-order valence-corrected chi connectivity index (χ3v) is 5.13. The smallest absolute Gasteiger partial charge is 0.238 e. The Morgan fingerprint density at radius 1 is 1.19 bits per heavy atom. The molecule has 0 aliphatic heterocycles. The van der Waals surface area contributed by atoms with E-state index < -0.39 is 15.4 Å². The molecule has 7 nitrogen and oxygen atoms in total. The van der Waals surface area contributed by atoms with Crippen LogP contribution in [0.1, 0.15) is 52.1 Å². The number of carbonyl (C=O) groups is 2. The number of amides is 2. The fourth-order valence-electron chi connectivity index (χ4n) is 2.26. The molecular formula is C18H29N3O4S. The zero-order chi connectivity index (χ0) is 20.1. The molecule has 1 aromatic rings. The molecule has 1 aromatic carbocycles. The van der Waals surface area contributed by atoms with Crippen LogP contribution >= 0.6 is 0 Å². The summed E-state index contributed by atoms with van der Waals surface area (Å²) in [6, 6.07) is 5.96. The summed E-state index contributed by atoms with van der Waals surface area (Å²) in [7, 11) is -2.03. The second-order valence-corrected chi connectivity index (χ2v) is 8.97. The van der Waals surface area contributed by atoms with Gasteiger partial charge in [0.2, 0.25) is 21.8 Å². The number of nitrogens with one attached hydrogen (secondary N) is 1. The molecule has 1 unspecified atom stereocenters. The molecule has 0 aromatic heterocycles. The van der Waals surface area contributed by atoms with E-state index in [4.69, 9.17) is 5.14 Å². The lowest BCUT2D eigenvalue weighted by molar-refractivity contribution is -0.132. The molecule has 0 saturated heterocycles. The molecule has 0 bridgehead atoms. The monoisotopic (exact) mass is 383 g/mol. The molecule has 2 amide bonds. The van der Waals surface area contributed by atoms with Crippen molar-refractivity contribution in [3.05, 3.63) is 29.8 Å². The van der Waals surface area contributed by atoms with Crippen molar-refractivity contribution in [3.63, 3.8) is 0 Å². The molecule has 0 spiro atoms. The van der Waals surface area contributed by atoms with E-state index in [0.29, 0.717) is 19.4 Å². The van der Waals surface area contributed by atoms with Crippen molar-refractivity contribution in [2.45, 2.75) is 51.5 Å². The quantitative estimate of drug-likeness (QED) is 0.700. The largest absolute Gasteiger partial charge is 0.356 e. The first-order chi connectivity index (χ1) is 11.8. The molecule has 0 heterocycles. The number of nitrogens with two attached hydrogens (primary N) is 1. The Morgan fingerprint density at radius 2 is 1.73 bits per heavy atom. The van der Waals surface area contributed by atoms with Gasteiger partial charge in [0.1, 0.15) is 0 Å². The molecule has 1 atom stereocenters. The summed E-state index contributed by atoms with van der Waals surface area (Å²) in [5, 5.41) is 7.90. The van der Waals surface area contributed by atoms with Gasteiger partial charge in [0.05, 0.1) is 10.9 Å². The molecule has 26 heavy (non-hydrogen) atoms. The highest BCUT2D eigenvalue weighted by Crippen LogP contribution is 2.21. The standard InChI is InChI=1S/C18H29N3O4S/c1-13(14-8-10-15(11-9-14)26(19,24)25)21(5)16(22)7-6-12-20-17(23)18(2,3)4/h8-11,13H,6-7,12H2,1-5H3,(H,20,23)(H2,19,24,25). The van der Waals surface area contributed by atoms with E-state index in [1.165, 1.54) is 12.1 Å². The van der Waals surface area contributed by atoms with Gasteiger partial charge in [-0.2, -0.15) is 0 Å². The van der Waals surface area contributed by atoms with E-state index in [1.54, 1.807) is 24.1 Å². The molecule has 0 radical (unpaired) electrons. The van der Waals surface area contributed by atoms with Gasteiger partial charge in [-0.3, -0.25) is 9.59 Å². The second kappa shape index (κ2) is 8.64. The van der Waals surface area contributed by atoms with Crippen LogP contribution in [0.3, 0.4) is 0 Å². The van der Waals surface area contributed by atoms with Gasteiger partial charge < -0.3 is 10.2 Å². The average molecular weight is 384 g/mol. The van der Waals surface area contributed by atoms with Crippen molar-refractivity contribution in [2.75, 3.05) is 13.6 Å². The van der Waals surface area contributed by atoms with E-state index in [0.717, 1.165) is 5.56 Å². The maximum Gasteiger partial charge on any atom is 0.238 e. The Kier molecular flexibility index (Phi) is 7.35. The summed E-state index contributed by atoms with van der Waals surface area (Å²) in [5.41, 5.74) is 0.368. The topological polar surface area (TPSA) is 110 Å². The van der Waals surface area contributed by atoms with Gasteiger partial charge in [-0.05, 0) is 31.0 Å². The van der Waals surface area contributed by atoms with Crippen molar-refractivity contribution in [1.29, 1.82) is 0 Å². The first-order valence-electron chi connectivity index (χ1n) is 8.50. The minimum absolute atomic E-state index is 0.0389. The summed E-state index contributed by atoms with van der Waals surface area (Å²) in [6.07, 6.45) is 0.878. The number of carbonyl (C=O) groups excluding carboxylic acids is 2. The van der Waals surface area contributed by atoms with Crippen LogP contribution in [-0.4, -0.2) is 38.7 Å². The zero-order valence-electron chi connectivity index (χ0n) is 16.1. The van der Waals surface area contributed by atoms with Gasteiger partial charge in [-0.25, -0.2) is 13.6 Å². The van der Waals surface area contributed by atoms with Gasteiger partial charge in [-0.15, -0.1) is 0 Å². The van der Waals surface area contributed by atoms with Crippen LogP contribution in [0, 0.1) is 5.41 Å². The van der Waals surface area contributed by atoms with Gasteiger partial charge in [-0.1, -0.05) is 32.9 Å². The lowest BCUT2D eigenvalue weighted by atomic mass is 9.96. The van der Waals surface area contributed by atoms with Crippen LogP contribution in [0.2, 0.25) is 0 Å². The van der Waals surface area contributed by atoms with Gasteiger partial charge in [0, 0.05) is 25.4 Å². The van der Waals surface area contributed by atoms with E-state index >= 15 is 0 Å². The molecule has 0 fully saturated rings. The molecular weight excluding hydrogens is 354 g/mol. The number of nitrogens with zero attached hydrogens (tertiary/aromatic N) is 1. The Balaban J connectivity index is 2.56. The van der Waals surface area contributed by atoms with Gasteiger partial charge in [0.25, 0.3) is 0 Å². The van der Waals surface area contributed by atoms with Crippen LogP contribution in [0.15, 0.2) is 29.2 Å². The zero-order valence-corrected chi connectivity index (χ0v) is 16.9. The maximum absolute atomic E-state index is 12.3. The van der Waals surface area contributed by atoms with Crippen LogP contribution in [-0.2, 0) is 19.6 Å². The molecule has 3 N–H and O–H groups in total. The molecule has 0 aliphatic rings. The predicted octanol–water partition coefficient (Wildman–Crippen LogP) is 1.80. The van der Waals surface area contributed by atoms with Gasteiger partial charge in [0.15, 0.2) is 0 Å². The summed E-state index contributed by atoms with van der Waals surface area (Å²) < 4.78 is 22.6. The Morgan fingerprint density at radius 3 is 2.19 bits per heavy atom. The fourth-order valence-corrected chi connectivity index (χ4v) is 2.77. The third-order valence-electron chi connectivity index (χ3n) is 4.20. The number of hydrogen-bond acceptors (Lipinski definition) is 4. The molecule has 8 heteroatoms. The molecule has 1 rings (SSSR count). The van der Waals surface area contributed by atoms with Crippen molar-refractivity contribution in [3.8, 4) is 0 Å². The van der Waals surface area contributed by atoms with E-state index in [9.17, 15) is 18.0 Å². The van der Waals surface area contributed by atoms with E-state index in [1.807, 2.05) is 27.7 Å². The Labute approximate surface area is 156 Å². The first-order valence-corrected chi connectivity index (χ1v) is 10.1. The van der Waals surface area contributed by atoms with E-state index in [2.05, 4.69) is 5.32 Å². The SMILES string of the molecule is CC(c1ccc(S(N)(=O)=O)cc1)N(C)C(=O)CCCNC(=O)C(C)(C)C. The lowest BCUT2D eigenvalue weighted by Gasteiger charge is -2.25. The molecule has 146 valence electrons. The highest BCUT2D eigenvalue weighted by Gasteiger charge is 2.21. The van der Waals surface area contributed by atoms with Gasteiger partial charge >= 0.3 is 0 Å². The summed E-state index contributed by atoms with van der Waals surface area (Å²) in [6.45, 7) is 7.83. The van der Waals surface area contributed by atoms with Crippen molar-refractivity contribution >= 4 is 21.8 Å². The van der Waals surface area contributed by atoms with E-state index in [-0.39, 0.29) is 22.8 Å². The van der Waals surface area contributed by atoms with Crippen LogP contribution in [0.4, 0.5) is 0 Å². The number of rotatable bonds is 7. The van der Waals surface area contributed by atoms with Crippen LogP contribution in [0.25, 0.3) is 0 Å². The highest BCUT2D eigenvalue weighted by molar-refractivity contribution is 7.89. The van der Waals surface area contributed by atoms with Crippen LogP contribution < -0.4 is 10.5 Å². The minimum atomic E-state index is -3.73. The number of hydrogen-bond donors (Lipinski definition) is 2. The first kappa shape index (κ1) is 22.1. The van der Waals surface area contributed by atoms with Crippen LogP contribution in [0.5, 0.6) is 0 Å². The second-order valence-electron chi connectivity index (χ2n) is 7.40. The summed E-state index contributed by atoms with van der Waals surface area (Å²) in [5.74, 6) is -0.0837. The predicted molar refractivity (Wildman–Crippen MR) is 101 cm³/mol. The molecule has 0 saturated carbocycles. The summed E-state index contributed by atoms with van der Waals surface area (Å²) in [4.78, 5) is 25.7. The third kappa shape index (κ3) is 6.42. The van der Waals surface area contributed by atoms with Crippen molar-refractivity contribution in [2.24, 2.45) is 10.6 Å². The molecule has 0 aliphatic carbocycles. The van der Waals surface area contributed by atoms with Crippen molar-refractivity contribution in [1.82, 2.24) is 10.2 Å². The minimum Gasteiger partial charge on any atom is -0.356 e. The highest BCUT2D eigenvalue weighted by atomic mass is 32.2. The Bertz CT molecular complexity index is 737.